The van der Waals surface area contributed by atoms with Crippen LogP contribution in [0, 0.1) is 0 Å². The number of aliphatic hydroxyl groups excluding tert-OH is 1. The molecule has 1 saturated heterocycles. The van der Waals surface area contributed by atoms with Crippen molar-refractivity contribution < 1.29 is 28.8 Å². The molecule has 1 fully saturated rings. The molecule has 1 heterocycles. The Bertz CT molecular complexity index is 200. The van der Waals surface area contributed by atoms with Crippen LogP contribution in [0.25, 0.3) is 0 Å². The lowest BCUT2D eigenvalue weighted by Gasteiger charge is -2.26. The maximum Gasteiger partial charge on any atom is 0.184 e. The number of aliphatic hydroxyl groups is 1. The minimum atomic E-state index is -1.01. The van der Waals surface area contributed by atoms with Gasteiger partial charge in [0.1, 0.15) is 24.4 Å². The summed E-state index contributed by atoms with van der Waals surface area (Å²) in [5.41, 5.74) is 0. The molecule has 1 rings (SSSR count). The first-order valence-corrected chi connectivity index (χ1v) is 5.10. The van der Waals surface area contributed by atoms with Gasteiger partial charge in [-0.15, -0.1) is 0 Å². The third-order valence-corrected chi connectivity index (χ3v) is 2.77. The van der Waals surface area contributed by atoms with Crippen molar-refractivity contribution >= 4 is 0 Å². The lowest BCUT2D eigenvalue weighted by molar-refractivity contribution is -0.160. The van der Waals surface area contributed by atoms with Crippen molar-refractivity contribution in [2.75, 3.05) is 35.0 Å². The monoisotopic (exact) mass is 236 g/mol. The number of rotatable bonds is 6. The van der Waals surface area contributed by atoms with Gasteiger partial charge in [-0.2, -0.15) is 0 Å². The summed E-state index contributed by atoms with van der Waals surface area (Å²) in [5.74, 6) is 0. The van der Waals surface area contributed by atoms with E-state index in [0.29, 0.717) is 6.61 Å². The molecule has 0 aliphatic carbocycles. The van der Waals surface area contributed by atoms with Gasteiger partial charge in [0.25, 0.3) is 0 Å². The molecule has 0 aromatic carbocycles. The second-order valence-corrected chi connectivity index (χ2v) is 3.62. The average molecular weight is 236 g/mol. The first kappa shape index (κ1) is 13.8. The molecule has 6 heteroatoms. The summed E-state index contributed by atoms with van der Waals surface area (Å²) in [4.78, 5) is 0. The maximum absolute atomic E-state index is 9.65. The van der Waals surface area contributed by atoms with Crippen LogP contribution in [-0.4, -0.2) is 70.9 Å². The van der Waals surface area contributed by atoms with Gasteiger partial charge in [-0.1, -0.05) is 0 Å². The van der Waals surface area contributed by atoms with E-state index in [9.17, 15) is 5.11 Å². The summed E-state index contributed by atoms with van der Waals surface area (Å²) in [6.07, 6.45) is -2.60. The largest absolute Gasteiger partial charge is 0.382 e. The number of hydrogen-bond donors (Lipinski definition) is 1. The molecule has 1 N–H and O–H groups in total. The van der Waals surface area contributed by atoms with E-state index in [1.165, 1.54) is 7.11 Å². The quantitative estimate of drug-likeness (QED) is 0.664. The normalized spacial score (nSPS) is 36.6. The standard InChI is InChI=1S/C10H20O6/c1-12-5-6(13-2)7-8(14-3)9(15-4)10(11)16-7/h6-11H,5H2,1-4H3/t6-,7?,8?,9?,10?/m0/s1. The Labute approximate surface area is 95.4 Å². The Kier molecular flexibility index (Phi) is 5.60. The van der Waals surface area contributed by atoms with E-state index in [0.717, 1.165) is 0 Å². The van der Waals surface area contributed by atoms with Crippen LogP contribution in [0.15, 0.2) is 0 Å². The number of hydrogen-bond acceptors (Lipinski definition) is 6. The topological polar surface area (TPSA) is 66.4 Å². The Morgan fingerprint density at radius 1 is 1.12 bits per heavy atom. The molecule has 0 spiro atoms. The lowest BCUT2D eigenvalue weighted by atomic mass is 10.1. The van der Waals surface area contributed by atoms with Crippen LogP contribution in [0.4, 0.5) is 0 Å². The Morgan fingerprint density at radius 3 is 2.19 bits per heavy atom. The van der Waals surface area contributed by atoms with Crippen molar-refractivity contribution in [1.82, 2.24) is 0 Å². The second kappa shape index (κ2) is 6.48. The van der Waals surface area contributed by atoms with E-state index < -0.39 is 18.5 Å². The summed E-state index contributed by atoms with van der Waals surface area (Å²) in [5, 5.41) is 9.65. The molecule has 1 aliphatic heterocycles. The van der Waals surface area contributed by atoms with E-state index in [1.54, 1.807) is 21.3 Å². The molecule has 0 radical (unpaired) electrons. The third-order valence-electron chi connectivity index (χ3n) is 2.77. The Balaban J connectivity index is 2.71. The van der Waals surface area contributed by atoms with Crippen LogP contribution >= 0.6 is 0 Å². The highest BCUT2D eigenvalue weighted by Gasteiger charge is 2.48. The molecule has 96 valence electrons. The molecule has 0 aromatic rings. The maximum atomic E-state index is 9.65. The summed E-state index contributed by atoms with van der Waals surface area (Å²) >= 11 is 0. The molecule has 4 unspecified atom stereocenters. The molecule has 0 amide bonds. The fraction of sp³-hybridized carbons (Fsp3) is 1.00. The van der Waals surface area contributed by atoms with Crippen molar-refractivity contribution in [2.45, 2.75) is 30.7 Å². The van der Waals surface area contributed by atoms with Crippen molar-refractivity contribution in [3.63, 3.8) is 0 Å². The fourth-order valence-electron chi connectivity index (χ4n) is 1.94. The molecular formula is C10H20O6. The molecule has 5 atom stereocenters. The van der Waals surface area contributed by atoms with Gasteiger partial charge in [0, 0.05) is 28.4 Å². The van der Waals surface area contributed by atoms with Crippen LogP contribution in [-0.2, 0) is 23.7 Å². The first-order valence-electron chi connectivity index (χ1n) is 5.10. The fourth-order valence-corrected chi connectivity index (χ4v) is 1.94. The van der Waals surface area contributed by atoms with Gasteiger partial charge in [0.05, 0.1) is 6.61 Å². The average Bonchev–Trinajstić information content (AvgIpc) is 2.61. The molecular weight excluding hydrogens is 216 g/mol. The lowest BCUT2D eigenvalue weighted by Crippen LogP contribution is -2.43. The Morgan fingerprint density at radius 2 is 1.75 bits per heavy atom. The predicted molar refractivity (Wildman–Crippen MR) is 55.1 cm³/mol. The van der Waals surface area contributed by atoms with Gasteiger partial charge in [0.2, 0.25) is 0 Å². The Hall–Kier alpha value is -0.240. The SMILES string of the molecule is COC[C@H](OC)C1OC(O)C(OC)C1OC. The highest BCUT2D eigenvalue weighted by molar-refractivity contribution is 4.92. The molecule has 1 aliphatic rings. The molecule has 16 heavy (non-hydrogen) atoms. The van der Waals surface area contributed by atoms with Crippen LogP contribution in [0.1, 0.15) is 0 Å². The van der Waals surface area contributed by atoms with Gasteiger partial charge >= 0.3 is 0 Å². The highest BCUT2D eigenvalue weighted by atomic mass is 16.7. The van der Waals surface area contributed by atoms with Crippen LogP contribution in [0.3, 0.4) is 0 Å². The smallest absolute Gasteiger partial charge is 0.184 e. The zero-order chi connectivity index (χ0) is 12.1. The van der Waals surface area contributed by atoms with E-state index in [4.69, 9.17) is 23.7 Å². The van der Waals surface area contributed by atoms with Crippen molar-refractivity contribution in [3.8, 4) is 0 Å². The molecule has 0 aromatic heterocycles. The van der Waals surface area contributed by atoms with Gasteiger partial charge < -0.3 is 28.8 Å². The van der Waals surface area contributed by atoms with Crippen molar-refractivity contribution in [3.05, 3.63) is 0 Å². The minimum Gasteiger partial charge on any atom is -0.382 e. The van der Waals surface area contributed by atoms with E-state index in [2.05, 4.69) is 0 Å². The number of ether oxygens (including phenoxy) is 5. The van der Waals surface area contributed by atoms with Crippen LogP contribution in [0.2, 0.25) is 0 Å². The van der Waals surface area contributed by atoms with Crippen molar-refractivity contribution in [1.29, 1.82) is 0 Å². The zero-order valence-corrected chi connectivity index (χ0v) is 10.1. The predicted octanol–water partition coefficient (Wildman–Crippen LogP) is -0.605. The second-order valence-electron chi connectivity index (χ2n) is 3.62. The van der Waals surface area contributed by atoms with Gasteiger partial charge in [0.15, 0.2) is 6.29 Å². The van der Waals surface area contributed by atoms with Crippen LogP contribution < -0.4 is 0 Å². The van der Waals surface area contributed by atoms with Crippen LogP contribution in [0.5, 0.6) is 0 Å². The summed E-state index contributed by atoms with van der Waals surface area (Å²) in [6, 6.07) is 0. The summed E-state index contributed by atoms with van der Waals surface area (Å²) in [6.45, 7) is 0.365. The zero-order valence-electron chi connectivity index (χ0n) is 10.1. The minimum absolute atomic E-state index is 0.301. The highest BCUT2D eigenvalue weighted by Crippen LogP contribution is 2.27. The molecule has 0 saturated carbocycles. The summed E-state index contributed by atoms with van der Waals surface area (Å²) < 4.78 is 26.1. The number of methoxy groups -OCH3 is 4. The van der Waals surface area contributed by atoms with Gasteiger partial charge in [-0.05, 0) is 0 Å². The van der Waals surface area contributed by atoms with E-state index >= 15 is 0 Å². The first-order chi connectivity index (χ1) is 7.69. The van der Waals surface area contributed by atoms with Crippen molar-refractivity contribution in [2.24, 2.45) is 0 Å². The molecule has 6 nitrogen and oxygen atoms in total. The van der Waals surface area contributed by atoms with E-state index in [1.807, 2.05) is 0 Å². The van der Waals surface area contributed by atoms with Gasteiger partial charge in [-0.25, -0.2) is 0 Å². The molecule has 0 bridgehead atoms. The van der Waals surface area contributed by atoms with Gasteiger partial charge in [-0.3, -0.25) is 0 Å². The summed E-state index contributed by atoms with van der Waals surface area (Å²) in [7, 11) is 6.19. The third kappa shape index (κ3) is 2.71. The van der Waals surface area contributed by atoms with E-state index in [-0.39, 0.29) is 12.2 Å².